The molecule has 158 valence electrons. The van der Waals surface area contributed by atoms with Crippen molar-refractivity contribution in [2.24, 2.45) is 4.99 Å². The number of benzene rings is 2. The van der Waals surface area contributed by atoms with Crippen molar-refractivity contribution in [2.75, 3.05) is 19.0 Å². The van der Waals surface area contributed by atoms with Crippen molar-refractivity contribution < 1.29 is 19.1 Å². The first-order valence-electron chi connectivity index (χ1n) is 9.55. The smallest absolute Gasteiger partial charge is 0.409 e. The second kappa shape index (κ2) is 10.1. The second-order valence-electron chi connectivity index (χ2n) is 6.55. The molecule has 0 bridgehead atoms. The summed E-state index contributed by atoms with van der Waals surface area (Å²) in [5.41, 5.74) is 3.34. The van der Waals surface area contributed by atoms with Crippen LogP contribution in [0.25, 0.3) is 0 Å². The van der Waals surface area contributed by atoms with Crippen molar-refractivity contribution in [3.8, 4) is 5.75 Å². The highest BCUT2D eigenvalue weighted by Crippen LogP contribution is 2.24. The summed E-state index contributed by atoms with van der Waals surface area (Å²) < 4.78 is 10.4. The number of alkyl carbamates (subject to hydrolysis) is 1. The number of amides is 2. The normalized spacial score (nSPS) is 15.5. The van der Waals surface area contributed by atoms with Crippen LogP contribution < -0.4 is 15.4 Å². The van der Waals surface area contributed by atoms with E-state index in [0.29, 0.717) is 22.7 Å². The number of allylic oxidation sites excluding steroid dienone is 2. The van der Waals surface area contributed by atoms with E-state index in [1.54, 1.807) is 43.5 Å². The largest absolute Gasteiger partial charge is 0.497 e. The second-order valence-corrected chi connectivity index (χ2v) is 6.55. The molecular weight excluding hydrogens is 394 g/mol. The number of fused-ring (bicyclic) bond motifs is 1. The summed E-state index contributed by atoms with van der Waals surface area (Å²) in [6.45, 7) is 7.24. The first kappa shape index (κ1) is 21.6. The molecule has 0 aromatic heterocycles. The van der Waals surface area contributed by atoms with Crippen LogP contribution in [0, 0.1) is 0 Å². The summed E-state index contributed by atoms with van der Waals surface area (Å²) in [5.74, 6) is 0.225. The van der Waals surface area contributed by atoms with Gasteiger partial charge in [-0.05, 0) is 35.9 Å². The zero-order valence-corrected chi connectivity index (χ0v) is 17.1. The van der Waals surface area contributed by atoms with Gasteiger partial charge in [-0.15, -0.1) is 0 Å². The Labute approximate surface area is 180 Å². The van der Waals surface area contributed by atoms with Gasteiger partial charge in [0.1, 0.15) is 12.4 Å². The Morgan fingerprint density at radius 1 is 1.19 bits per heavy atom. The third-order valence-corrected chi connectivity index (χ3v) is 4.53. The number of ether oxygens (including phenoxy) is 2. The molecule has 0 saturated carbocycles. The molecule has 2 aromatic carbocycles. The van der Waals surface area contributed by atoms with E-state index >= 15 is 0 Å². The topological polar surface area (TPSA) is 89.0 Å². The number of methoxy groups -OCH3 is 1. The highest BCUT2D eigenvalue weighted by atomic mass is 16.5. The maximum absolute atomic E-state index is 12.7. The van der Waals surface area contributed by atoms with Crippen molar-refractivity contribution >= 4 is 23.4 Å². The number of hydrogen-bond acceptors (Lipinski definition) is 5. The molecule has 1 aliphatic rings. The molecule has 3 rings (SSSR count). The Bertz CT molecular complexity index is 1050. The lowest BCUT2D eigenvalue weighted by atomic mass is 10.0. The fourth-order valence-corrected chi connectivity index (χ4v) is 2.96. The summed E-state index contributed by atoms with van der Waals surface area (Å²) in [4.78, 5) is 29.6. The van der Waals surface area contributed by atoms with E-state index in [-0.39, 0.29) is 6.61 Å². The number of carbonyl (C=O) groups is 2. The summed E-state index contributed by atoms with van der Waals surface area (Å²) in [6.07, 6.45) is 2.85. The predicted molar refractivity (Wildman–Crippen MR) is 120 cm³/mol. The molecule has 2 aromatic rings. The molecular formula is C24H23N3O4. The average Bonchev–Trinajstić information content (AvgIpc) is 2.93. The van der Waals surface area contributed by atoms with Crippen molar-refractivity contribution in [2.45, 2.75) is 6.17 Å². The molecule has 7 heteroatoms. The Hall–Kier alpha value is -4.13. The first-order valence-corrected chi connectivity index (χ1v) is 9.55. The van der Waals surface area contributed by atoms with E-state index in [1.807, 2.05) is 30.3 Å². The van der Waals surface area contributed by atoms with Crippen molar-refractivity contribution in [1.82, 2.24) is 5.32 Å². The van der Waals surface area contributed by atoms with Crippen LogP contribution in [0.2, 0.25) is 0 Å². The fraction of sp³-hybridized carbons (Fsp3) is 0.125. The molecule has 2 N–H and O–H groups in total. The Morgan fingerprint density at radius 2 is 1.94 bits per heavy atom. The lowest BCUT2D eigenvalue weighted by Crippen LogP contribution is -2.42. The standard InChI is InChI=1S/C24H23N3O4/c1-4-8-16(5-2)15-31-24(29)27-22-23(28)25-20-10-7-6-9-19(20)21(26-22)17-11-13-18(30-3)14-12-17/h4-14,22H,1-2,15H2,3H3,(H,25,28)(H,27,29)/b16-8+. The van der Waals surface area contributed by atoms with Crippen LogP contribution in [0.3, 0.4) is 0 Å². The SMILES string of the molecule is C=C/C=C(\C=C)COC(=O)NC1N=C(c2ccc(OC)cc2)c2ccccc2NC1=O. The molecule has 2 amide bonds. The van der Waals surface area contributed by atoms with Gasteiger partial charge >= 0.3 is 6.09 Å². The average molecular weight is 417 g/mol. The number of benzodiazepines with no additional fused rings is 1. The van der Waals surface area contributed by atoms with E-state index in [4.69, 9.17) is 9.47 Å². The van der Waals surface area contributed by atoms with Crippen LogP contribution in [0.1, 0.15) is 11.1 Å². The predicted octanol–water partition coefficient (Wildman–Crippen LogP) is 3.84. The van der Waals surface area contributed by atoms with Crippen molar-refractivity contribution in [3.63, 3.8) is 0 Å². The number of para-hydroxylation sites is 1. The van der Waals surface area contributed by atoms with Crippen LogP contribution in [0.4, 0.5) is 10.5 Å². The van der Waals surface area contributed by atoms with Crippen LogP contribution in [0.5, 0.6) is 5.75 Å². The third-order valence-electron chi connectivity index (χ3n) is 4.53. The maximum atomic E-state index is 12.7. The summed E-state index contributed by atoms with van der Waals surface area (Å²) in [5, 5.41) is 5.32. The van der Waals surface area contributed by atoms with Gasteiger partial charge in [0.05, 0.1) is 18.5 Å². The van der Waals surface area contributed by atoms with Gasteiger partial charge < -0.3 is 14.8 Å². The number of anilines is 1. The Kier molecular flexibility index (Phi) is 7.01. The third kappa shape index (κ3) is 5.27. The maximum Gasteiger partial charge on any atom is 0.409 e. The zero-order chi connectivity index (χ0) is 22.2. The minimum Gasteiger partial charge on any atom is -0.497 e. The van der Waals surface area contributed by atoms with Crippen LogP contribution in [-0.2, 0) is 9.53 Å². The van der Waals surface area contributed by atoms with Gasteiger partial charge in [-0.25, -0.2) is 9.79 Å². The summed E-state index contributed by atoms with van der Waals surface area (Å²) in [7, 11) is 1.59. The van der Waals surface area contributed by atoms with Crippen LogP contribution in [-0.4, -0.2) is 37.6 Å². The molecule has 1 aliphatic heterocycles. The van der Waals surface area contributed by atoms with Crippen molar-refractivity contribution in [3.05, 3.63) is 96.6 Å². The number of nitrogens with one attached hydrogen (secondary N) is 2. The Morgan fingerprint density at radius 3 is 2.61 bits per heavy atom. The van der Waals surface area contributed by atoms with Crippen molar-refractivity contribution in [1.29, 1.82) is 0 Å². The van der Waals surface area contributed by atoms with Gasteiger partial charge in [0.15, 0.2) is 0 Å². The molecule has 31 heavy (non-hydrogen) atoms. The molecule has 1 heterocycles. The fourth-order valence-electron chi connectivity index (χ4n) is 2.96. The zero-order valence-electron chi connectivity index (χ0n) is 17.1. The quantitative estimate of drug-likeness (QED) is 0.670. The van der Waals surface area contributed by atoms with Gasteiger partial charge in [0.2, 0.25) is 6.17 Å². The van der Waals surface area contributed by atoms with E-state index in [9.17, 15) is 9.59 Å². The number of carbonyl (C=O) groups excluding carboxylic acids is 2. The van der Waals surface area contributed by atoms with E-state index in [0.717, 1.165) is 11.1 Å². The van der Waals surface area contributed by atoms with E-state index in [1.165, 1.54) is 0 Å². The highest BCUT2D eigenvalue weighted by Gasteiger charge is 2.27. The van der Waals surface area contributed by atoms with Gasteiger partial charge in [-0.1, -0.05) is 49.6 Å². The number of hydrogen-bond donors (Lipinski definition) is 2. The van der Waals surface area contributed by atoms with Crippen LogP contribution in [0.15, 0.2) is 90.5 Å². The van der Waals surface area contributed by atoms with E-state index in [2.05, 4.69) is 28.8 Å². The van der Waals surface area contributed by atoms with Gasteiger partial charge in [0.25, 0.3) is 5.91 Å². The molecule has 0 saturated heterocycles. The Balaban J connectivity index is 1.89. The number of rotatable bonds is 7. The molecule has 7 nitrogen and oxygen atoms in total. The summed E-state index contributed by atoms with van der Waals surface area (Å²) in [6, 6.07) is 14.6. The van der Waals surface area contributed by atoms with Gasteiger partial charge in [-0.2, -0.15) is 0 Å². The molecule has 0 fully saturated rings. The molecule has 0 radical (unpaired) electrons. The monoisotopic (exact) mass is 417 g/mol. The lowest BCUT2D eigenvalue weighted by Gasteiger charge is -2.14. The minimum absolute atomic E-state index is 0.00896. The number of nitrogens with zero attached hydrogens (tertiary/aromatic N) is 1. The van der Waals surface area contributed by atoms with Gasteiger partial charge in [0, 0.05) is 11.1 Å². The molecule has 0 spiro atoms. The van der Waals surface area contributed by atoms with Crippen LogP contribution >= 0.6 is 0 Å². The minimum atomic E-state index is -1.17. The van der Waals surface area contributed by atoms with E-state index < -0.39 is 18.2 Å². The van der Waals surface area contributed by atoms with Gasteiger partial charge in [-0.3, -0.25) is 10.1 Å². The first-order chi connectivity index (χ1) is 15.0. The number of aliphatic imine (C=N–C) groups is 1. The lowest BCUT2D eigenvalue weighted by molar-refractivity contribution is -0.117. The molecule has 0 aliphatic carbocycles. The highest BCUT2D eigenvalue weighted by molar-refractivity contribution is 6.19. The molecule has 1 unspecified atom stereocenters. The molecule has 1 atom stereocenters. The summed E-state index contributed by atoms with van der Waals surface area (Å²) >= 11 is 0.